The Kier molecular flexibility index (Phi) is 4.90. The van der Waals surface area contributed by atoms with Crippen LogP contribution in [0.1, 0.15) is 17.2 Å². The molecule has 28 heavy (non-hydrogen) atoms. The first-order valence-electron chi connectivity index (χ1n) is 8.51. The Morgan fingerprint density at radius 3 is 2.75 bits per heavy atom. The second-order valence-electron chi connectivity index (χ2n) is 6.11. The van der Waals surface area contributed by atoms with Crippen molar-refractivity contribution in [2.24, 2.45) is 4.99 Å². The highest BCUT2D eigenvalue weighted by Crippen LogP contribution is 2.29. The smallest absolute Gasteiger partial charge is 0.333 e. The molecule has 0 spiro atoms. The molecule has 1 aromatic heterocycles. The molecule has 4 rings (SSSR count). The summed E-state index contributed by atoms with van der Waals surface area (Å²) in [6.45, 7) is 0. The number of aliphatic imine (C=N–C) groups is 1. The summed E-state index contributed by atoms with van der Waals surface area (Å²) in [5.41, 5.74) is 2.29. The third kappa shape index (κ3) is 3.79. The number of aromatic nitrogens is 1. The highest BCUT2D eigenvalue weighted by atomic mass is 32.2. The largest absolute Gasteiger partial charge is 0.479 e. The summed E-state index contributed by atoms with van der Waals surface area (Å²) in [6.07, 6.45) is 3.49. The predicted octanol–water partition coefficient (Wildman–Crippen LogP) is 3.62. The second kappa shape index (κ2) is 7.66. The third-order valence-corrected chi connectivity index (χ3v) is 5.10. The summed E-state index contributed by atoms with van der Waals surface area (Å²) in [5.74, 6) is -1.37. The molecule has 7 heteroatoms. The molecule has 1 saturated heterocycles. The van der Waals surface area contributed by atoms with Crippen LogP contribution in [0, 0.1) is 0 Å². The van der Waals surface area contributed by atoms with Crippen LogP contribution < -0.4 is 5.32 Å². The Morgan fingerprint density at radius 1 is 1.14 bits per heavy atom. The van der Waals surface area contributed by atoms with Gasteiger partial charge in [-0.3, -0.25) is 9.78 Å². The number of hydrogen-bond acceptors (Lipinski definition) is 5. The van der Waals surface area contributed by atoms with E-state index in [0.29, 0.717) is 10.5 Å². The lowest BCUT2D eigenvalue weighted by Crippen LogP contribution is -2.22. The maximum Gasteiger partial charge on any atom is 0.333 e. The van der Waals surface area contributed by atoms with Crippen LogP contribution in [-0.2, 0) is 9.59 Å². The number of amidine groups is 1. The first-order chi connectivity index (χ1) is 13.6. The fraction of sp³-hybridized carbons (Fsp3) is 0.0476. The van der Waals surface area contributed by atoms with Crippen molar-refractivity contribution in [1.29, 1.82) is 0 Å². The molecule has 0 aliphatic carbocycles. The van der Waals surface area contributed by atoms with Crippen molar-refractivity contribution < 1.29 is 14.7 Å². The molecule has 0 saturated carbocycles. The molecule has 2 heterocycles. The van der Waals surface area contributed by atoms with E-state index in [2.05, 4.69) is 15.3 Å². The number of nitrogens with zero attached hydrogens (tertiary/aromatic N) is 2. The Bertz CT molecular complexity index is 1130. The average Bonchev–Trinajstić information content (AvgIpc) is 3.05. The molecule has 3 aromatic rings. The van der Waals surface area contributed by atoms with Gasteiger partial charge in [0.25, 0.3) is 5.91 Å². The Labute approximate surface area is 165 Å². The van der Waals surface area contributed by atoms with Crippen molar-refractivity contribution in [2.45, 2.75) is 6.04 Å². The molecule has 2 aromatic carbocycles. The zero-order valence-corrected chi connectivity index (χ0v) is 15.4. The number of fused-ring (bicyclic) bond motifs is 1. The highest BCUT2D eigenvalue weighted by molar-refractivity contribution is 8.18. The van der Waals surface area contributed by atoms with Gasteiger partial charge in [0.1, 0.15) is 0 Å². The van der Waals surface area contributed by atoms with Gasteiger partial charge >= 0.3 is 5.97 Å². The fourth-order valence-electron chi connectivity index (χ4n) is 2.85. The van der Waals surface area contributed by atoms with E-state index >= 15 is 0 Å². The van der Waals surface area contributed by atoms with Gasteiger partial charge in [-0.15, -0.1) is 0 Å². The molecule has 138 valence electrons. The van der Waals surface area contributed by atoms with Gasteiger partial charge in [0.05, 0.1) is 10.4 Å². The number of carboxylic acid groups (broad SMARTS) is 1. The SMILES string of the molecule is O=C1NC(=NC(C(=O)O)c2ccccc2)S/C1=C\c1ccc2ncccc2c1. The van der Waals surface area contributed by atoms with Gasteiger partial charge in [-0.25, -0.2) is 9.79 Å². The van der Waals surface area contributed by atoms with Gasteiger partial charge < -0.3 is 10.4 Å². The maximum atomic E-state index is 12.3. The Hall–Kier alpha value is -3.45. The van der Waals surface area contributed by atoms with Crippen LogP contribution in [0.3, 0.4) is 0 Å². The van der Waals surface area contributed by atoms with Crippen LogP contribution in [-0.4, -0.2) is 27.1 Å². The number of carbonyl (C=O) groups excluding carboxylic acids is 1. The molecular weight excluding hydrogens is 374 g/mol. The van der Waals surface area contributed by atoms with Crippen molar-refractivity contribution in [3.8, 4) is 0 Å². The molecule has 1 aliphatic rings. The van der Waals surface area contributed by atoms with Crippen LogP contribution >= 0.6 is 11.8 Å². The zero-order valence-electron chi connectivity index (χ0n) is 14.6. The number of hydrogen-bond donors (Lipinski definition) is 2. The number of carboxylic acids is 1. The number of carbonyl (C=O) groups is 2. The monoisotopic (exact) mass is 389 g/mol. The number of rotatable bonds is 4. The van der Waals surface area contributed by atoms with E-state index in [1.807, 2.05) is 36.4 Å². The van der Waals surface area contributed by atoms with Crippen molar-refractivity contribution >= 4 is 45.8 Å². The predicted molar refractivity (Wildman–Crippen MR) is 110 cm³/mol. The van der Waals surface area contributed by atoms with Gasteiger partial charge in [-0.1, -0.05) is 42.5 Å². The van der Waals surface area contributed by atoms with Crippen molar-refractivity contribution in [3.05, 3.63) is 82.9 Å². The minimum atomic E-state index is -1.08. The number of pyridine rings is 1. The number of aliphatic carboxylic acids is 1. The van der Waals surface area contributed by atoms with Crippen molar-refractivity contribution in [3.63, 3.8) is 0 Å². The van der Waals surface area contributed by atoms with E-state index in [1.165, 1.54) is 0 Å². The van der Waals surface area contributed by atoms with Crippen LogP contribution in [0.15, 0.2) is 76.8 Å². The second-order valence-corrected chi connectivity index (χ2v) is 7.14. The molecule has 0 bridgehead atoms. The zero-order chi connectivity index (χ0) is 19.5. The lowest BCUT2D eigenvalue weighted by molar-refractivity contribution is -0.138. The molecule has 2 N–H and O–H groups in total. The van der Waals surface area contributed by atoms with Crippen LogP contribution in [0.2, 0.25) is 0 Å². The van der Waals surface area contributed by atoms with Crippen LogP contribution in [0.4, 0.5) is 0 Å². The molecule has 6 nitrogen and oxygen atoms in total. The Morgan fingerprint density at radius 2 is 1.96 bits per heavy atom. The summed E-state index contributed by atoms with van der Waals surface area (Å²) < 4.78 is 0. The number of amides is 1. The molecule has 1 fully saturated rings. The quantitative estimate of drug-likeness (QED) is 0.665. The van der Waals surface area contributed by atoms with Gasteiger partial charge in [0.2, 0.25) is 0 Å². The summed E-state index contributed by atoms with van der Waals surface area (Å²) in [4.78, 5) is 32.9. The van der Waals surface area contributed by atoms with Crippen molar-refractivity contribution in [1.82, 2.24) is 10.3 Å². The van der Waals surface area contributed by atoms with Crippen LogP contribution in [0.25, 0.3) is 17.0 Å². The van der Waals surface area contributed by atoms with Crippen molar-refractivity contribution in [2.75, 3.05) is 0 Å². The molecular formula is C21H15N3O3S. The molecule has 1 amide bonds. The third-order valence-electron chi connectivity index (χ3n) is 4.17. The fourth-order valence-corrected chi connectivity index (χ4v) is 3.70. The van der Waals surface area contributed by atoms with Gasteiger partial charge in [0.15, 0.2) is 11.2 Å². The summed E-state index contributed by atoms with van der Waals surface area (Å²) in [7, 11) is 0. The van der Waals surface area contributed by atoms with E-state index in [-0.39, 0.29) is 11.1 Å². The van der Waals surface area contributed by atoms with E-state index in [1.54, 1.807) is 36.5 Å². The summed E-state index contributed by atoms with van der Waals surface area (Å²) in [5, 5.41) is 13.4. The van der Waals surface area contributed by atoms with E-state index in [0.717, 1.165) is 28.2 Å². The Balaban J connectivity index is 1.61. The normalized spacial score (nSPS) is 17.8. The van der Waals surface area contributed by atoms with Gasteiger partial charge in [0, 0.05) is 11.6 Å². The van der Waals surface area contributed by atoms with Crippen LogP contribution in [0.5, 0.6) is 0 Å². The highest BCUT2D eigenvalue weighted by Gasteiger charge is 2.27. The maximum absolute atomic E-state index is 12.3. The van der Waals surface area contributed by atoms with Gasteiger partial charge in [-0.05, 0) is 47.2 Å². The molecule has 1 unspecified atom stereocenters. The first-order valence-corrected chi connectivity index (χ1v) is 9.33. The van der Waals surface area contributed by atoms with E-state index in [9.17, 15) is 14.7 Å². The number of nitrogens with one attached hydrogen (secondary N) is 1. The van der Waals surface area contributed by atoms with E-state index in [4.69, 9.17) is 0 Å². The lowest BCUT2D eigenvalue weighted by Gasteiger charge is -2.08. The average molecular weight is 389 g/mol. The minimum Gasteiger partial charge on any atom is -0.479 e. The standard InChI is InChI=1S/C21H15N3O3S/c25-19-17(12-13-8-9-16-15(11-13)7-4-10-22-16)28-21(24-19)23-18(20(26)27)14-5-2-1-3-6-14/h1-12,18H,(H,26,27)(H,23,24,25)/b17-12-. The topological polar surface area (TPSA) is 91.7 Å². The number of benzene rings is 2. The first kappa shape index (κ1) is 17.9. The molecule has 0 radical (unpaired) electrons. The summed E-state index contributed by atoms with van der Waals surface area (Å²) >= 11 is 1.13. The van der Waals surface area contributed by atoms with Gasteiger partial charge in [-0.2, -0.15) is 0 Å². The molecule has 1 aliphatic heterocycles. The van der Waals surface area contributed by atoms with E-state index < -0.39 is 12.0 Å². The number of thioether (sulfide) groups is 1. The lowest BCUT2D eigenvalue weighted by atomic mass is 10.1. The molecule has 1 atom stereocenters. The summed E-state index contributed by atoms with van der Waals surface area (Å²) in [6, 6.07) is 17.2. The minimum absolute atomic E-state index is 0.273.